The molecule has 2 amide bonds. The van der Waals surface area contributed by atoms with Gasteiger partial charge in [-0.2, -0.15) is 8.42 Å². The third-order valence-corrected chi connectivity index (χ3v) is 6.62. The van der Waals surface area contributed by atoms with Crippen molar-refractivity contribution >= 4 is 33.4 Å². The Morgan fingerprint density at radius 3 is 2.03 bits per heavy atom. The van der Waals surface area contributed by atoms with Crippen LogP contribution in [0.5, 0.6) is 0 Å². The number of rotatable bonds is 4. The molecule has 0 fully saturated rings. The molecule has 33 heavy (non-hydrogen) atoms. The summed E-state index contributed by atoms with van der Waals surface area (Å²) < 4.78 is 27.2. The molecule has 1 aromatic carbocycles. The summed E-state index contributed by atoms with van der Waals surface area (Å²) >= 11 is 5.75. The zero-order valence-electron chi connectivity index (χ0n) is 18.5. The number of halogens is 1. The Hall–Kier alpha value is -3.30. The van der Waals surface area contributed by atoms with E-state index in [1.165, 1.54) is 42.7 Å². The third-order valence-electron chi connectivity index (χ3n) is 4.79. The average molecular weight is 487 g/mol. The van der Waals surface area contributed by atoms with Crippen LogP contribution in [-0.2, 0) is 15.4 Å². The second-order valence-corrected chi connectivity index (χ2v) is 10.5. The molecule has 2 heterocycles. The lowest BCUT2D eigenvalue weighted by Gasteiger charge is -2.24. The summed E-state index contributed by atoms with van der Waals surface area (Å²) in [6.07, 6.45) is 2.43. The van der Waals surface area contributed by atoms with Crippen molar-refractivity contribution < 1.29 is 18.0 Å². The molecule has 2 aromatic heterocycles. The molecule has 3 rings (SSSR count). The molecule has 0 saturated carbocycles. The molecule has 0 aliphatic heterocycles. The second kappa shape index (κ2) is 9.29. The van der Waals surface area contributed by atoms with Crippen LogP contribution >= 0.6 is 11.6 Å². The molecule has 0 radical (unpaired) electrons. The fourth-order valence-corrected chi connectivity index (χ4v) is 4.16. The monoisotopic (exact) mass is 486 g/mol. The first kappa shape index (κ1) is 24.3. The number of aromatic nitrogens is 2. The first-order valence-electron chi connectivity index (χ1n) is 9.95. The van der Waals surface area contributed by atoms with Crippen LogP contribution in [0.3, 0.4) is 0 Å². The Bertz CT molecular complexity index is 1270. The van der Waals surface area contributed by atoms with E-state index in [2.05, 4.69) is 15.4 Å². The van der Waals surface area contributed by atoms with E-state index in [9.17, 15) is 18.0 Å². The Morgan fingerprint density at radius 2 is 1.52 bits per heavy atom. The molecule has 0 aliphatic carbocycles. The lowest BCUT2D eigenvalue weighted by atomic mass is 9.87. The molecular formula is C23H23ClN4O4S. The van der Waals surface area contributed by atoms with Crippen molar-refractivity contribution in [3.8, 4) is 0 Å². The highest BCUT2D eigenvalue weighted by molar-refractivity contribution is 7.89. The van der Waals surface area contributed by atoms with Gasteiger partial charge in [0.1, 0.15) is 5.15 Å². The predicted molar refractivity (Wildman–Crippen MR) is 124 cm³/mol. The molecule has 0 bridgehead atoms. The normalized spacial score (nSPS) is 11.7. The number of benzene rings is 1. The number of nitrogens with zero attached hydrogens (tertiary/aromatic N) is 3. The minimum atomic E-state index is -4.45. The van der Waals surface area contributed by atoms with Gasteiger partial charge in [-0.3, -0.25) is 14.6 Å². The number of pyridine rings is 2. The van der Waals surface area contributed by atoms with Gasteiger partial charge < -0.3 is 0 Å². The summed E-state index contributed by atoms with van der Waals surface area (Å²) in [4.78, 5) is 33.6. The Kier molecular flexibility index (Phi) is 6.85. The number of sulfonamides is 1. The zero-order valence-corrected chi connectivity index (χ0v) is 20.1. The maximum absolute atomic E-state index is 13.4. The number of nitrogens with one attached hydrogen (secondary N) is 1. The number of hydrogen-bond acceptors (Lipinski definition) is 6. The van der Waals surface area contributed by atoms with Crippen molar-refractivity contribution in [3.05, 3.63) is 88.5 Å². The molecule has 0 saturated heterocycles. The van der Waals surface area contributed by atoms with Crippen LogP contribution in [0.2, 0.25) is 5.15 Å². The van der Waals surface area contributed by atoms with Crippen molar-refractivity contribution in [2.24, 2.45) is 0 Å². The minimum absolute atomic E-state index is 0.00924. The summed E-state index contributed by atoms with van der Waals surface area (Å²) in [7, 11) is -4.45. The van der Waals surface area contributed by atoms with Gasteiger partial charge in [0.15, 0.2) is 0 Å². The van der Waals surface area contributed by atoms with E-state index >= 15 is 0 Å². The van der Waals surface area contributed by atoms with E-state index in [1.807, 2.05) is 20.8 Å². The SMILES string of the molecule is Cc1ccc(C(=O)N(NC(=O)c2ccc(Cl)nc2)S(=O)(=O)c2ccc(C(C)(C)C)cc2)cn1. The smallest absolute Gasteiger partial charge is 0.267 e. The van der Waals surface area contributed by atoms with Crippen LogP contribution in [0.1, 0.15) is 52.7 Å². The lowest BCUT2D eigenvalue weighted by Crippen LogP contribution is -2.49. The van der Waals surface area contributed by atoms with Gasteiger partial charge in [0.05, 0.1) is 16.0 Å². The van der Waals surface area contributed by atoms with Crippen molar-refractivity contribution in [2.45, 2.75) is 38.0 Å². The average Bonchev–Trinajstić information content (AvgIpc) is 2.77. The Labute approximate surface area is 197 Å². The summed E-state index contributed by atoms with van der Waals surface area (Å²) in [5, 5.41) is 0.164. The molecule has 8 nitrogen and oxygen atoms in total. The highest BCUT2D eigenvalue weighted by Crippen LogP contribution is 2.25. The minimum Gasteiger partial charge on any atom is -0.267 e. The highest BCUT2D eigenvalue weighted by atomic mass is 35.5. The van der Waals surface area contributed by atoms with E-state index < -0.39 is 21.8 Å². The number of hydrazine groups is 1. The molecular weight excluding hydrogens is 464 g/mol. The van der Waals surface area contributed by atoms with Crippen LogP contribution in [0.4, 0.5) is 0 Å². The molecule has 172 valence electrons. The van der Waals surface area contributed by atoms with E-state index in [-0.39, 0.29) is 26.6 Å². The molecule has 0 aliphatic rings. The molecule has 0 spiro atoms. The van der Waals surface area contributed by atoms with Gasteiger partial charge in [-0.05, 0) is 54.3 Å². The van der Waals surface area contributed by atoms with Gasteiger partial charge >= 0.3 is 0 Å². The number of aryl methyl sites for hydroxylation is 1. The van der Waals surface area contributed by atoms with Crippen LogP contribution in [0.25, 0.3) is 0 Å². The lowest BCUT2D eigenvalue weighted by molar-refractivity contribution is 0.0724. The summed E-state index contributed by atoms with van der Waals surface area (Å²) in [6.45, 7) is 7.72. The zero-order chi connectivity index (χ0) is 24.4. The van der Waals surface area contributed by atoms with E-state index in [1.54, 1.807) is 25.1 Å². The van der Waals surface area contributed by atoms with Crippen LogP contribution in [-0.4, -0.2) is 34.6 Å². The fraction of sp³-hybridized carbons (Fsp3) is 0.217. The fourth-order valence-electron chi connectivity index (χ4n) is 2.83. The Morgan fingerprint density at radius 1 is 0.909 bits per heavy atom. The topological polar surface area (TPSA) is 109 Å². The molecule has 0 unspecified atom stereocenters. The van der Waals surface area contributed by atoms with Crippen molar-refractivity contribution in [1.29, 1.82) is 0 Å². The van der Waals surface area contributed by atoms with E-state index in [0.29, 0.717) is 10.1 Å². The molecule has 10 heteroatoms. The van der Waals surface area contributed by atoms with Crippen molar-refractivity contribution in [2.75, 3.05) is 0 Å². The largest absolute Gasteiger partial charge is 0.288 e. The molecule has 1 N–H and O–H groups in total. The van der Waals surface area contributed by atoms with Gasteiger partial charge in [-0.1, -0.05) is 44.5 Å². The standard InChI is InChI=1S/C23H23ClN4O4S/c1-15-5-6-17(14-25-15)22(30)28(27-21(29)16-7-12-20(24)26-13-16)33(31,32)19-10-8-18(9-11-19)23(2,3)4/h5-14H,1-4H3,(H,27,29). The van der Waals surface area contributed by atoms with E-state index in [4.69, 9.17) is 11.6 Å². The van der Waals surface area contributed by atoms with Crippen LogP contribution in [0, 0.1) is 6.92 Å². The number of amides is 2. The molecule has 0 atom stereocenters. The van der Waals surface area contributed by atoms with Gasteiger partial charge in [0.2, 0.25) is 0 Å². The number of carbonyl (C=O) groups excluding carboxylic acids is 2. The maximum Gasteiger partial charge on any atom is 0.288 e. The van der Waals surface area contributed by atoms with Crippen molar-refractivity contribution in [3.63, 3.8) is 0 Å². The first-order valence-corrected chi connectivity index (χ1v) is 11.8. The van der Waals surface area contributed by atoms with E-state index in [0.717, 1.165) is 5.56 Å². The van der Waals surface area contributed by atoms with Gasteiger partial charge in [0, 0.05) is 18.1 Å². The maximum atomic E-state index is 13.4. The van der Waals surface area contributed by atoms with Crippen LogP contribution < -0.4 is 5.43 Å². The van der Waals surface area contributed by atoms with Crippen LogP contribution in [0.15, 0.2) is 65.8 Å². The van der Waals surface area contributed by atoms with Gasteiger partial charge in [0.25, 0.3) is 21.8 Å². The number of carbonyl (C=O) groups is 2. The second-order valence-electron chi connectivity index (χ2n) is 8.35. The summed E-state index contributed by atoms with van der Waals surface area (Å²) in [5.74, 6) is -1.81. The number of hydrogen-bond donors (Lipinski definition) is 1. The quantitative estimate of drug-likeness (QED) is 0.442. The summed E-state index contributed by atoms with van der Waals surface area (Å²) in [6, 6.07) is 11.9. The first-order chi connectivity index (χ1) is 15.4. The molecule has 3 aromatic rings. The van der Waals surface area contributed by atoms with Gasteiger partial charge in [-0.15, -0.1) is 4.41 Å². The van der Waals surface area contributed by atoms with Crippen molar-refractivity contribution in [1.82, 2.24) is 19.8 Å². The van der Waals surface area contributed by atoms with Gasteiger partial charge in [-0.25, -0.2) is 10.4 Å². The highest BCUT2D eigenvalue weighted by Gasteiger charge is 2.33. The predicted octanol–water partition coefficient (Wildman–Crippen LogP) is 3.91. The summed E-state index contributed by atoms with van der Waals surface area (Å²) in [5.41, 5.74) is 3.58. The Balaban J connectivity index is 2.02. The third kappa shape index (κ3) is 5.55.